The van der Waals surface area contributed by atoms with E-state index in [9.17, 15) is 14.3 Å². The molecule has 1 N–H and O–H groups in total. The number of halogens is 1. The SMILES string of the molecule is CCC(C)(CCF)/C(O)=C/C(=O)C12CC3CC(CC(C3)C1)C2. The second-order valence-electron chi connectivity index (χ2n) is 8.44. The summed E-state index contributed by atoms with van der Waals surface area (Å²) in [5.41, 5.74) is -0.820. The molecule has 124 valence electrons. The number of aliphatic hydroxyl groups is 1. The van der Waals surface area contributed by atoms with E-state index in [0.717, 1.165) is 19.3 Å². The van der Waals surface area contributed by atoms with Gasteiger partial charge in [-0.2, -0.15) is 0 Å². The fourth-order valence-corrected chi connectivity index (χ4v) is 5.56. The van der Waals surface area contributed by atoms with Crippen molar-refractivity contribution < 1.29 is 14.3 Å². The predicted octanol–water partition coefficient (Wildman–Crippen LogP) is 4.99. The molecule has 0 aromatic heterocycles. The summed E-state index contributed by atoms with van der Waals surface area (Å²) in [4.78, 5) is 12.9. The number of allylic oxidation sites excluding steroid dienone is 2. The highest BCUT2D eigenvalue weighted by Crippen LogP contribution is 2.60. The van der Waals surface area contributed by atoms with Gasteiger partial charge in [0.05, 0.1) is 6.67 Å². The van der Waals surface area contributed by atoms with Gasteiger partial charge < -0.3 is 5.11 Å². The quantitative estimate of drug-likeness (QED) is 0.554. The van der Waals surface area contributed by atoms with Gasteiger partial charge >= 0.3 is 0 Å². The molecule has 1 unspecified atom stereocenters. The highest BCUT2D eigenvalue weighted by Gasteiger charge is 2.54. The first-order chi connectivity index (χ1) is 10.4. The summed E-state index contributed by atoms with van der Waals surface area (Å²) in [6.45, 7) is 3.33. The Balaban J connectivity index is 1.80. The number of hydrogen-bond donors (Lipinski definition) is 1. The van der Waals surface area contributed by atoms with Crippen molar-refractivity contribution in [3.05, 3.63) is 11.8 Å². The van der Waals surface area contributed by atoms with Crippen LogP contribution in [0.1, 0.15) is 65.2 Å². The molecule has 3 heteroatoms. The Morgan fingerprint density at radius 1 is 1.23 bits per heavy atom. The second kappa shape index (κ2) is 5.65. The van der Waals surface area contributed by atoms with Crippen LogP contribution in [0.25, 0.3) is 0 Å². The molecule has 4 aliphatic carbocycles. The minimum absolute atomic E-state index is 0.0911. The van der Waals surface area contributed by atoms with Crippen LogP contribution in [0.5, 0.6) is 0 Å². The molecule has 0 radical (unpaired) electrons. The summed E-state index contributed by atoms with van der Waals surface area (Å²) in [7, 11) is 0. The van der Waals surface area contributed by atoms with E-state index in [1.807, 2.05) is 13.8 Å². The molecule has 0 amide bonds. The summed E-state index contributed by atoms with van der Waals surface area (Å²) >= 11 is 0. The molecule has 4 saturated carbocycles. The van der Waals surface area contributed by atoms with E-state index in [4.69, 9.17) is 0 Å². The van der Waals surface area contributed by atoms with Crippen molar-refractivity contribution in [2.24, 2.45) is 28.6 Å². The van der Waals surface area contributed by atoms with Gasteiger partial charge in [0.2, 0.25) is 0 Å². The summed E-state index contributed by atoms with van der Waals surface area (Å²) < 4.78 is 12.8. The van der Waals surface area contributed by atoms with Crippen LogP contribution in [0.4, 0.5) is 4.39 Å². The van der Waals surface area contributed by atoms with Crippen LogP contribution in [-0.4, -0.2) is 17.6 Å². The van der Waals surface area contributed by atoms with Crippen LogP contribution in [0, 0.1) is 28.6 Å². The predicted molar refractivity (Wildman–Crippen MR) is 85.3 cm³/mol. The zero-order valence-corrected chi connectivity index (χ0v) is 13.9. The zero-order valence-electron chi connectivity index (χ0n) is 13.9. The molecule has 0 spiro atoms. The third-order valence-electron chi connectivity index (χ3n) is 6.87. The Morgan fingerprint density at radius 3 is 2.14 bits per heavy atom. The second-order valence-corrected chi connectivity index (χ2v) is 8.44. The molecular formula is C19H29FO2. The van der Waals surface area contributed by atoms with E-state index in [-0.39, 0.29) is 23.4 Å². The number of aliphatic hydroxyl groups excluding tert-OH is 1. The number of hydrogen-bond acceptors (Lipinski definition) is 2. The fourth-order valence-electron chi connectivity index (χ4n) is 5.56. The van der Waals surface area contributed by atoms with Crippen LogP contribution < -0.4 is 0 Å². The fraction of sp³-hybridized carbons (Fsp3) is 0.842. The van der Waals surface area contributed by atoms with E-state index in [2.05, 4.69) is 0 Å². The van der Waals surface area contributed by atoms with Crippen LogP contribution in [-0.2, 0) is 4.79 Å². The standard InChI is InChI=1S/C19H29FO2/c1-3-18(2,4-5-20)16(21)9-17(22)19-10-13-6-14(11-19)8-15(7-13)12-19/h9,13-15,21H,3-8,10-12H2,1-2H3/b16-9-. The molecule has 0 aliphatic heterocycles. The maximum Gasteiger partial charge on any atom is 0.165 e. The van der Waals surface area contributed by atoms with Gasteiger partial charge in [-0.05, 0) is 69.1 Å². The Morgan fingerprint density at radius 2 is 1.73 bits per heavy atom. The van der Waals surface area contributed by atoms with Gasteiger partial charge in [0.15, 0.2) is 5.78 Å². The highest BCUT2D eigenvalue weighted by atomic mass is 19.1. The average Bonchev–Trinajstić information content (AvgIpc) is 2.45. The minimum Gasteiger partial charge on any atom is -0.512 e. The first kappa shape index (κ1) is 16.0. The molecular weight excluding hydrogens is 279 g/mol. The Hall–Kier alpha value is -0.860. The van der Waals surface area contributed by atoms with Gasteiger partial charge in [-0.15, -0.1) is 0 Å². The summed E-state index contributed by atoms with van der Waals surface area (Å²) in [5, 5.41) is 10.4. The molecule has 22 heavy (non-hydrogen) atoms. The third-order valence-corrected chi connectivity index (χ3v) is 6.87. The molecule has 4 rings (SSSR count). The van der Waals surface area contributed by atoms with Crippen molar-refractivity contribution in [2.75, 3.05) is 6.67 Å². The minimum atomic E-state index is -0.604. The molecule has 4 fully saturated rings. The topological polar surface area (TPSA) is 37.3 Å². The van der Waals surface area contributed by atoms with Gasteiger partial charge in [-0.1, -0.05) is 13.8 Å². The van der Waals surface area contributed by atoms with Gasteiger partial charge in [-0.25, -0.2) is 0 Å². The van der Waals surface area contributed by atoms with E-state index in [1.165, 1.54) is 25.3 Å². The van der Waals surface area contributed by atoms with Crippen LogP contribution in [0.15, 0.2) is 11.8 Å². The summed E-state index contributed by atoms with van der Waals surface area (Å²) in [5.74, 6) is 2.36. The lowest BCUT2D eigenvalue weighted by atomic mass is 9.48. The van der Waals surface area contributed by atoms with Crippen LogP contribution >= 0.6 is 0 Å². The zero-order chi connectivity index (χ0) is 16.0. The Labute approximate surface area is 133 Å². The molecule has 0 aromatic rings. The number of carbonyl (C=O) groups is 1. The maximum atomic E-state index is 12.9. The average molecular weight is 308 g/mol. The van der Waals surface area contributed by atoms with Crippen molar-refractivity contribution >= 4 is 5.78 Å². The van der Waals surface area contributed by atoms with Gasteiger partial charge in [-0.3, -0.25) is 9.18 Å². The number of rotatable bonds is 6. The molecule has 1 atom stereocenters. The molecule has 0 saturated heterocycles. The smallest absolute Gasteiger partial charge is 0.165 e. The maximum absolute atomic E-state index is 12.9. The number of carbonyl (C=O) groups excluding carboxylic acids is 1. The van der Waals surface area contributed by atoms with Crippen molar-refractivity contribution in [1.82, 2.24) is 0 Å². The van der Waals surface area contributed by atoms with E-state index in [1.54, 1.807) is 0 Å². The van der Waals surface area contributed by atoms with E-state index >= 15 is 0 Å². The lowest BCUT2D eigenvalue weighted by molar-refractivity contribution is -0.138. The lowest BCUT2D eigenvalue weighted by Gasteiger charge is -2.55. The van der Waals surface area contributed by atoms with Crippen molar-refractivity contribution in [2.45, 2.75) is 65.2 Å². The molecule has 0 heterocycles. The highest BCUT2D eigenvalue weighted by molar-refractivity contribution is 5.95. The third kappa shape index (κ3) is 2.61. The van der Waals surface area contributed by atoms with Gasteiger partial charge in [0, 0.05) is 16.9 Å². The summed E-state index contributed by atoms with van der Waals surface area (Å²) in [6, 6.07) is 0. The van der Waals surface area contributed by atoms with Gasteiger partial charge in [0.1, 0.15) is 5.76 Å². The number of ketones is 1. The van der Waals surface area contributed by atoms with Crippen molar-refractivity contribution in [3.63, 3.8) is 0 Å². The van der Waals surface area contributed by atoms with E-state index in [0.29, 0.717) is 24.2 Å². The molecule has 4 bridgehead atoms. The lowest BCUT2D eigenvalue weighted by Crippen LogP contribution is -2.49. The van der Waals surface area contributed by atoms with Crippen LogP contribution in [0.3, 0.4) is 0 Å². The van der Waals surface area contributed by atoms with Crippen molar-refractivity contribution in [1.29, 1.82) is 0 Å². The first-order valence-corrected chi connectivity index (χ1v) is 8.92. The largest absolute Gasteiger partial charge is 0.512 e. The summed E-state index contributed by atoms with van der Waals surface area (Å²) in [6.07, 6.45) is 9.32. The first-order valence-electron chi connectivity index (χ1n) is 8.92. The molecule has 2 nitrogen and oxygen atoms in total. The molecule has 4 aliphatic rings. The normalized spacial score (nSPS) is 39.8. The monoisotopic (exact) mass is 308 g/mol. The van der Waals surface area contributed by atoms with Crippen LogP contribution in [0.2, 0.25) is 0 Å². The van der Waals surface area contributed by atoms with Gasteiger partial charge in [0.25, 0.3) is 0 Å². The van der Waals surface area contributed by atoms with E-state index < -0.39 is 12.1 Å². The molecule has 0 aromatic carbocycles. The Kier molecular flexibility index (Phi) is 4.11. The van der Waals surface area contributed by atoms with Crippen molar-refractivity contribution in [3.8, 4) is 0 Å². The Bertz CT molecular complexity index is 447. The number of alkyl halides is 1.